The molecule has 170 valence electrons. The van der Waals surface area contributed by atoms with Gasteiger partial charge in [-0.05, 0) is 66.2 Å². The molecule has 0 heterocycles. The fourth-order valence-corrected chi connectivity index (χ4v) is 4.98. The molecule has 0 aromatic heterocycles. The molecule has 1 fully saturated rings. The van der Waals surface area contributed by atoms with Crippen LogP contribution in [-0.2, 0) is 6.18 Å². The third-order valence-corrected chi connectivity index (χ3v) is 6.63. The van der Waals surface area contributed by atoms with E-state index in [1.54, 1.807) is 12.1 Å². The van der Waals surface area contributed by atoms with Crippen LogP contribution in [0, 0.1) is 23.4 Å². The molecule has 0 radical (unpaired) electrons. The van der Waals surface area contributed by atoms with Gasteiger partial charge in [-0.1, -0.05) is 50.1 Å². The molecule has 0 aliphatic heterocycles. The highest BCUT2D eigenvalue weighted by Crippen LogP contribution is 2.40. The van der Waals surface area contributed by atoms with Gasteiger partial charge in [-0.15, -0.1) is 0 Å². The monoisotopic (exact) mass is 450 g/mol. The topological polar surface area (TPSA) is 0 Å². The Labute approximate surface area is 183 Å². The average molecular weight is 450 g/mol. The minimum atomic E-state index is -5.17. The van der Waals surface area contributed by atoms with E-state index in [4.69, 9.17) is 0 Å². The van der Waals surface area contributed by atoms with Gasteiger partial charge >= 0.3 is 6.18 Å². The molecule has 0 amide bonds. The Kier molecular flexibility index (Phi) is 6.24. The van der Waals surface area contributed by atoms with Crippen LogP contribution in [0.2, 0.25) is 0 Å². The molecule has 1 aliphatic rings. The van der Waals surface area contributed by atoms with Crippen molar-refractivity contribution >= 4 is 10.8 Å². The van der Waals surface area contributed by atoms with Crippen molar-refractivity contribution in [1.82, 2.24) is 0 Å². The van der Waals surface area contributed by atoms with E-state index in [9.17, 15) is 22.0 Å². The molecule has 1 aliphatic carbocycles. The Morgan fingerprint density at radius 2 is 1.50 bits per heavy atom. The second-order valence-corrected chi connectivity index (χ2v) is 8.73. The first kappa shape index (κ1) is 22.7. The molecule has 1 saturated carbocycles. The van der Waals surface area contributed by atoms with E-state index in [-0.39, 0.29) is 16.5 Å². The van der Waals surface area contributed by atoms with Crippen LogP contribution >= 0.6 is 0 Å². The second-order valence-electron chi connectivity index (χ2n) is 8.73. The zero-order valence-electron chi connectivity index (χ0n) is 17.7. The van der Waals surface area contributed by atoms with Crippen LogP contribution in [0.4, 0.5) is 26.3 Å². The molecule has 4 rings (SSSR count). The molecule has 32 heavy (non-hydrogen) atoms. The van der Waals surface area contributed by atoms with Crippen LogP contribution in [0.5, 0.6) is 0 Å². The predicted molar refractivity (Wildman–Crippen MR) is 114 cm³/mol. The van der Waals surface area contributed by atoms with Crippen molar-refractivity contribution in [1.29, 1.82) is 0 Å². The van der Waals surface area contributed by atoms with E-state index >= 15 is 4.39 Å². The van der Waals surface area contributed by atoms with Gasteiger partial charge < -0.3 is 0 Å². The van der Waals surface area contributed by atoms with E-state index in [2.05, 4.69) is 6.92 Å². The molecule has 3 aromatic carbocycles. The number of rotatable bonds is 4. The van der Waals surface area contributed by atoms with Gasteiger partial charge in [0.2, 0.25) is 0 Å². The van der Waals surface area contributed by atoms with Crippen molar-refractivity contribution < 1.29 is 26.3 Å². The summed E-state index contributed by atoms with van der Waals surface area (Å²) in [6, 6.07) is 9.54. The summed E-state index contributed by atoms with van der Waals surface area (Å²) in [5, 5.41) is 0.930. The van der Waals surface area contributed by atoms with Crippen LogP contribution in [0.15, 0.2) is 42.5 Å². The summed E-state index contributed by atoms with van der Waals surface area (Å²) in [4.78, 5) is 0. The molecule has 6 heteroatoms. The van der Waals surface area contributed by atoms with E-state index < -0.39 is 29.2 Å². The van der Waals surface area contributed by atoms with Gasteiger partial charge in [0, 0.05) is 10.9 Å². The van der Waals surface area contributed by atoms with Crippen molar-refractivity contribution in [3.63, 3.8) is 0 Å². The second kappa shape index (κ2) is 8.80. The van der Waals surface area contributed by atoms with Crippen molar-refractivity contribution in [3.05, 3.63) is 71.0 Å². The number of hydrogen-bond donors (Lipinski definition) is 0. The molecule has 0 atom stereocenters. The van der Waals surface area contributed by atoms with Crippen molar-refractivity contribution in [2.45, 2.75) is 57.5 Å². The fourth-order valence-electron chi connectivity index (χ4n) is 4.98. The van der Waals surface area contributed by atoms with Crippen LogP contribution in [0.3, 0.4) is 0 Å². The normalized spacial score (nSPS) is 19.5. The lowest BCUT2D eigenvalue weighted by atomic mass is 9.77. The first-order valence-corrected chi connectivity index (χ1v) is 11.0. The van der Waals surface area contributed by atoms with Gasteiger partial charge in [0.05, 0.1) is 0 Å². The Morgan fingerprint density at radius 1 is 0.844 bits per heavy atom. The molecule has 0 spiro atoms. The minimum absolute atomic E-state index is 0.142. The van der Waals surface area contributed by atoms with Crippen molar-refractivity contribution in [3.8, 4) is 11.1 Å². The Balaban J connectivity index is 1.65. The zero-order chi connectivity index (χ0) is 23.0. The summed E-state index contributed by atoms with van der Waals surface area (Å²) >= 11 is 0. The highest BCUT2D eigenvalue weighted by Gasteiger charge is 2.38. The van der Waals surface area contributed by atoms with Gasteiger partial charge in [-0.3, -0.25) is 0 Å². The SMILES string of the molecule is CCCC1CCC(c2ccc3c(F)c(-c4cc(F)c(C(F)(F)F)c(F)c4)ccc3c2)CC1. The van der Waals surface area contributed by atoms with E-state index in [1.165, 1.54) is 31.7 Å². The van der Waals surface area contributed by atoms with Crippen LogP contribution in [-0.4, -0.2) is 0 Å². The molecule has 0 nitrogen and oxygen atoms in total. The lowest BCUT2D eigenvalue weighted by Crippen LogP contribution is -2.13. The van der Waals surface area contributed by atoms with Gasteiger partial charge in [-0.2, -0.15) is 13.2 Å². The summed E-state index contributed by atoms with van der Waals surface area (Å²) < 4.78 is 81.7. The zero-order valence-corrected chi connectivity index (χ0v) is 17.7. The summed E-state index contributed by atoms with van der Waals surface area (Å²) in [5.41, 5.74) is -1.24. The standard InChI is InChI=1S/C26H24F6/c1-2-3-15-4-6-16(7-5-15)17-8-10-20-18(12-17)9-11-21(25(20)29)19-13-22(27)24(23(28)14-19)26(30,31)32/h8-16H,2-7H2,1H3. The third-order valence-electron chi connectivity index (χ3n) is 6.63. The van der Waals surface area contributed by atoms with Crippen molar-refractivity contribution in [2.75, 3.05) is 0 Å². The molecular weight excluding hydrogens is 426 g/mol. The number of benzene rings is 3. The minimum Gasteiger partial charge on any atom is -0.206 e. The molecule has 0 saturated heterocycles. The Hall–Kier alpha value is -2.50. The molecule has 0 unspecified atom stereocenters. The van der Waals surface area contributed by atoms with E-state index in [1.807, 2.05) is 12.1 Å². The smallest absolute Gasteiger partial charge is 0.206 e. The molecule has 3 aromatic rings. The molecule has 0 bridgehead atoms. The maximum Gasteiger partial charge on any atom is 0.422 e. The van der Waals surface area contributed by atoms with Crippen LogP contribution in [0.1, 0.15) is 62.5 Å². The van der Waals surface area contributed by atoms with Crippen molar-refractivity contribution in [2.24, 2.45) is 5.92 Å². The first-order chi connectivity index (χ1) is 15.2. The third kappa shape index (κ3) is 4.37. The highest BCUT2D eigenvalue weighted by atomic mass is 19.4. The maximum atomic E-state index is 15.2. The van der Waals surface area contributed by atoms with E-state index in [0.717, 1.165) is 24.3 Å². The number of hydrogen-bond acceptors (Lipinski definition) is 0. The van der Waals surface area contributed by atoms with Gasteiger partial charge in [0.15, 0.2) is 0 Å². The lowest BCUT2D eigenvalue weighted by molar-refractivity contribution is -0.142. The quantitative estimate of drug-likeness (QED) is 0.348. The summed E-state index contributed by atoms with van der Waals surface area (Å²) in [7, 11) is 0. The first-order valence-electron chi connectivity index (χ1n) is 11.0. The molecular formula is C26H24F6. The molecule has 0 N–H and O–H groups in total. The van der Waals surface area contributed by atoms with Crippen LogP contribution in [0.25, 0.3) is 21.9 Å². The maximum absolute atomic E-state index is 15.2. The Morgan fingerprint density at radius 3 is 2.09 bits per heavy atom. The summed E-state index contributed by atoms with van der Waals surface area (Å²) in [5.74, 6) is -3.03. The number of fused-ring (bicyclic) bond motifs is 1. The van der Waals surface area contributed by atoms with Gasteiger partial charge in [-0.25, -0.2) is 13.2 Å². The lowest BCUT2D eigenvalue weighted by Gasteiger charge is -2.28. The Bertz CT molecular complexity index is 1100. The number of alkyl halides is 3. The average Bonchev–Trinajstić information content (AvgIpc) is 2.73. The summed E-state index contributed by atoms with van der Waals surface area (Å²) in [6.45, 7) is 2.20. The summed E-state index contributed by atoms with van der Waals surface area (Å²) in [6.07, 6.45) is 1.86. The van der Waals surface area contributed by atoms with Gasteiger partial charge in [0.1, 0.15) is 23.0 Å². The number of halogens is 6. The fraction of sp³-hybridized carbons (Fsp3) is 0.385. The van der Waals surface area contributed by atoms with Crippen LogP contribution < -0.4 is 0 Å². The highest BCUT2D eigenvalue weighted by molar-refractivity contribution is 5.89. The predicted octanol–water partition coefficient (Wildman–Crippen LogP) is 9.02. The largest absolute Gasteiger partial charge is 0.422 e. The van der Waals surface area contributed by atoms with E-state index in [0.29, 0.717) is 23.4 Å². The van der Waals surface area contributed by atoms with Gasteiger partial charge in [0.25, 0.3) is 0 Å².